The molecule has 0 radical (unpaired) electrons. The Morgan fingerprint density at radius 3 is 2.84 bits per heavy atom. The largest absolute Gasteiger partial charge is 0.493 e. The molecule has 5 rings (SSSR count). The molecule has 10 heteroatoms. The first-order valence-corrected chi connectivity index (χ1v) is 10.3. The molecule has 4 aromatic rings. The van der Waals surface area contributed by atoms with Gasteiger partial charge in [-0.2, -0.15) is 4.98 Å². The van der Waals surface area contributed by atoms with Gasteiger partial charge in [-0.1, -0.05) is 17.7 Å². The van der Waals surface area contributed by atoms with Crippen LogP contribution in [0.15, 0.2) is 36.7 Å². The maximum absolute atomic E-state index is 12.8. The third kappa shape index (κ3) is 3.27. The van der Waals surface area contributed by atoms with Crippen molar-refractivity contribution in [1.29, 1.82) is 0 Å². The standard InChI is InChI=1S/C22H19ClN6O3/c1-31-20-12(23)4-3-5-14(20)28-19-16-13(7-9-25-21(16)30)27-18(19)11-6-8-24-15-10-26-22(32-2)29-17(11)15/h3-6,8,10,27-28H,7,9H2,1-2H3,(H,25,30). The van der Waals surface area contributed by atoms with E-state index in [0.717, 1.165) is 11.3 Å². The van der Waals surface area contributed by atoms with E-state index < -0.39 is 0 Å². The van der Waals surface area contributed by atoms with Crippen LogP contribution in [-0.2, 0) is 6.42 Å². The number of carbonyl (C=O) groups is 1. The minimum Gasteiger partial charge on any atom is -0.493 e. The van der Waals surface area contributed by atoms with Gasteiger partial charge in [0.15, 0.2) is 5.75 Å². The summed E-state index contributed by atoms with van der Waals surface area (Å²) in [7, 11) is 3.06. The van der Waals surface area contributed by atoms with Crippen LogP contribution in [0, 0.1) is 0 Å². The molecule has 162 valence electrons. The van der Waals surface area contributed by atoms with Crippen LogP contribution in [0.25, 0.3) is 22.3 Å². The normalized spacial score (nSPS) is 12.9. The summed E-state index contributed by atoms with van der Waals surface area (Å²) in [5.41, 5.74) is 5.25. The Hall–Kier alpha value is -3.85. The van der Waals surface area contributed by atoms with Crippen LogP contribution in [0.1, 0.15) is 16.1 Å². The maximum Gasteiger partial charge on any atom is 0.316 e. The lowest BCUT2D eigenvalue weighted by Crippen LogP contribution is -2.31. The summed E-state index contributed by atoms with van der Waals surface area (Å²) in [5, 5.41) is 6.74. The molecule has 1 aromatic carbocycles. The number of amides is 1. The van der Waals surface area contributed by atoms with Gasteiger partial charge in [0, 0.05) is 30.4 Å². The lowest BCUT2D eigenvalue weighted by molar-refractivity contribution is 0.0947. The summed E-state index contributed by atoms with van der Waals surface area (Å²) in [6, 6.07) is 7.46. The van der Waals surface area contributed by atoms with Gasteiger partial charge in [0.2, 0.25) is 0 Å². The average molecular weight is 451 g/mol. The number of rotatable bonds is 5. The molecule has 9 nitrogen and oxygen atoms in total. The fraction of sp³-hybridized carbons (Fsp3) is 0.182. The molecule has 0 bridgehead atoms. The second kappa shape index (κ2) is 8.01. The number of pyridine rings is 1. The molecule has 3 N–H and O–H groups in total. The zero-order valence-electron chi connectivity index (χ0n) is 17.3. The van der Waals surface area contributed by atoms with Gasteiger partial charge in [-0.25, -0.2) is 4.98 Å². The number of aromatic amines is 1. The molecule has 4 heterocycles. The van der Waals surface area contributed by atoms with Gasteiger partial charge in [0.25, 0.3) is 5.91 Å². The number of aromatic nitrogens is 4. The van der Waals surface area contributed by atoms with Gasteiger partial charge in [-0.15, -0.1) is 0 Å². The lowest BCUT2D eigenvalue weighted by Gasteiger charge is -2.17. The van der Waals surface area contributed by atoms with Crippen LogP contribution in [-0.4, -0.2) is 46.6 Å². The number of methoxy groups -OCH3 is 2. The van der Waals surface area contributed by atoms with Crippen molar-refractivity contribution in [3.63, 3.8) is 0 Å². The molecular formula is C22H19ClN6O3. The molecule has 3 aromatic heterocycles. The molecule has 0 fully saturated rings. The summed E-state index contributed by atoms with van der Waals surface area (Å²) < 4.78 is 10.7. The van der Waals surface area contributed by atoms with Crippen molar-refractivity contribution < 1.29 is 14.3 Å². The van der Waals surface area contributed by atoms with Crippen LogP contribution in [0.3, 0.4) is 0 Å². The van der Waals surface area contributed by atoms with Crippen molar-refractivity contribution in [3.8, 4) is 23.0 Å². The number of anilines is 2. The lowest BCUT2D eigenvalue weighted by atomic mass is 10.0. The quantitative estimate of drug-likeness (QED) is 0.424. The highest BCUT2D eigenvalue weighted by molar-refractivity contribution is 6.32. The molecule has 1 aliphatic rings. The molecule has 0 saturated carbocycles. The Labute approximate surface area is 188 Å². The van der Waals surface area contributed by atoms with E-state index in [4.69, 9.17) is 21.1 Å². The smallest absolute Gasteiger partial charge is 0.316 e. The molecule has 0 atom stereocenters. The fourth-order valence-electron chi connectivity index (χ4n) is 3.88. The first kappa shape index (κ1) is 20.1. The highest BCUT2D eigenvalue weighted by Crippen LogP contribution is 2.42. The Bertz CT molecular complexity index is 1350. The van der Waals surface area contributed by atoms with Gasteiger partial charge in [0.1, 0.15) is 11.0 Å². The second-order valence-electron chi connectivity index (χ2n) is 7.13. The van der Waals surface area contributed by atoms with E-state index in [2.05, 4.69) is 30.6 Å². The molecule has 0 saturated heterocycles. The van der Waals surface area contributed by atoms with Crippen LogP contribution in [0.5, 0.6) is 11.8 Å². The number of para-hydroxylation sites is 1. The number of halogens is 1. The number of fused-ring (bicyclic) bond motifs is 2. The summed E-state index contributed by atoms with van der Waals surface area (Å²) in [5.74, 6) is 0.317. The molecule has 0 aliphatic carbocycles. The summed E-state index contributed by atoms with van der Waals surface area (Å²) in [6.45, 7) is 0.554. The topological polar surface area (TPSA) is 114 Å². The van der Waals surface area contributed by atoms with E-state index in [-0.39, 0.29) is 11.9 Å². The van der Waals surface area contributed by atoms with Gasteiger partial charge < -0.3 is 25.1 Å². The number of ether oxygens (including phenoxy) is 2. The van der Waals surface area contributed by atoms with Crippen molar-refractivity contribution in [2.45, 2.75) is 6.42 Å². The minimum atomic E-state index is -0.164. The minimum absolute atomic E-state index is 0.164. The van der Waals surface area contributed by atoms with Crippen LogP contribution >= 0.6 is 11.6 Å². The third-order valence-corrected chi connectivity index (χ3v) is 5.60. The number of benzene rings is 1. The highest BCUT2D eigenvalue weighted by Gasteiger charge is 2.28. The van der Waals surface area contributed by atoms with Crippen molar-refractivity contribution in [2.24, 2.45) is 0 Å². The van der Waals surface area contributed by atoms with Crippen molar-refractivity contribution >= 4 is 39.9 Å². The first-order chi connectivity index (χ1) is 15.6. The van der Waals surface area contributed by atoms with Crippen LogP contribution in [0.2, 0.25) is 5.02 Å². The van der Waals surface area contributed by atoms with E-state index in [1.54, 1.807) is 25.6 Å². The second-order valence-corrected chi connectivity index (χ2v) is 7.54. The number of nitrogens with one attached hydrogen (secondary N) is 3. The predicted octanol–water partition coefficient (Wildman–Crippen LogP) is 3.72. The van der Waals surface area contributed by atoms with Gasteiger partial charge in [-0.05, 0) is 18.2 Å². The van der Waals surface area contributed by atoms with E-state index >= 15 is 0 Å². The molecule has 1 amide bonds. The van der Waals surface area contributed by atoms with Gasteiger partial charge >= 0.3 is 6.01 Å². The summed E-state index contributed by atoms with van der Waals surface area (Å²) in [6.07, 6.45) is 3.95. The maximum atomic E-state index is 12.8. The molecular weight excluding hydrogens is 432 g/mol. The zero-order chi connectivity index (χ0) is 22.2. The van der Waals surface area contributed by atoms with Gasteiger partial charge in [0.05, 0.1) is 48.1 Å². The Morgan fingerprint density at radius 1 is 1.16 bits per heavy atom. The van der Waals surface area contributed by atoms with E-state index in [9.17, 15) is 4.79 Å². The van der Waals surface area contributed by atoms with Crippen molar-refractivity contribution in [1.82, 2.24) is 25.3 Å². The fourth-order valence-corrected chi connectivity index (χ4v) is 4.13. The van der Waals surface area contributed by atoms with Gasteiger partial charge in [-0.3, -0.25) is 9.78 Å². The van der Waals surface area contributed by atoms with E-state index in [1.807, 2.05) is 18.2 Å². The average Bonchev–Trinajstić information content (AvgIpc) is 3.17. The predicted molar refractivity (Wildman–Crippen MR) is 121 cm³/mol. The van der Waals surface area contributed by atoms with Crippen molar-refractivity contribution in [2.75, 3.05) is 26.1 Å². The Kier molecular flexibility index (Phi) is 5.02. The number of H-pyrrole nitrogens is 1. The van der Waals surface area contributed by atoms with E-state index in [0.29, 0.717) is 57.4 Å². The molecule has 0 unspecified atom stereocenters. The summed E-state index contributed by atoms with van der Waals surface area (Å²) in [4.78, 5) is 29.3. The molecule has 32 heavy (non-hydrogen) atoms. The number of hydrogen-bond donors (Lipinski definition) is 3. The monoisotopic (exact) mass is 450 g/mol. The zero-order valence-corrected chi connectivity index (χ0v) is 18.1. The van der Waals surface area contributed by atoms with Crippen molar-refractivity contribution in [3.05, 3.63) is 52.9 Å². The van der Waals surface area contributed by atoms with E-state index in [1.165, 1.54) is 7.11 Å². The number of nitrogens with zero attached hydrogens (tertiary/aromatic N) is 3. The first-order valence-electron chi connectivity index (χ1n) is 9.89. The Morgan fingerprint density at radius 2 is 2.03 bits per heavy atom. The summed E-state index contributed by atoms with van der Waals surface area (Å²) >= 11 is 6.32. The third-order valence-electron chi connectivity index (χ3n) is 5.31. The Balaban J connectivity index is 1.76. The molecule has 1 aliphatic heterocycles. The highest BCUT2D eigenvalue weighted by atomic mass is 35.5. The molecule has 0 spiro atoms. The SMILES string of the molecule is COc1ncc2nccc(-c3[nH]c4c(c3Nc3cccc(Cl)c3OC)C(=O)NCC4)c2n1. The van der Waals surface area contributed by atoms with Crippen LogP contribution in [0.4, 0.5) is 11.4 Å². The number of carbonyl (C=O) groups excluding carboxylic acids is 1. The number of hydrogen-bond acceptors (Lipinski definition) is 7. The van der Waals surface area contributed by atoms with Crippen LogP contribution < -0.4 is 20.1 Å².